The fraction of sp³-hybridized carbons (Fsp3) is 0.409. The van der Waals surface area contributed by atoms with Gasteiger partial charge in [0.2, 0.25) is 11.1 Å². The zero-order chi connectivity index (χ0) is 22.0. The highest BCUT2D eigenvalue weighted by atomic mass is 32.2. The van der Waals surface area contributed by atoms with Crippen LogP contribution >= 0.6 is 11.8 Å². The Morgan fingerprint density at radius 2 is 1.77 bits per heavy atom. The lowest BCUT2D eigenvalue weighted by Gasteiger charge is -2.15. The van der Waals surface area contributed by atoms with Crippen LogP contribution < -0.4 is 5.32 Å². The van der Waals surface area contributed by atoms with E-state index in [0.717, 1.165) is 48.4 Å². The highest BCUT2D eigenvalue weighted by Crippen LogP contribution is 2.18. The van der Waals surface area contributed by atoms with E-state index in [0.29, 0.717) is 23.0 Å². The number of likely N-dealkylation sites (tertiary alicyclic amines) is 1. The number of aromatic nitrogens is 4. The summed E-state index contributed by atoms with van der Waals surface area (Å²) >= 11 is 1.29. The second-order valence-electron chi connectivity index (χ2n) is 7.78. The molecule has 3 aromatic rings. The molecule has 2 aromatic heterocycles. The van der Waals surface area contributed by atoms with Gasteiger partial charge in [-0.15, -0.1) is 5.10 Å². The number of rotatable bonds is 6. The van der Waals surface area contributed by atoms with Crippen molar-refractivity contribution in [3.05, 3.63) is 52.3 Å². The maximum Gasteiger partial charge on any atom is 0.253 e. The molecule has 1 aromatic carbocycles. The van der Waals surface area contributed by atoms with Gasteiger partial charge in [-0.05, 0) is 56.9 Å². The van der Waals surface area contributed by atoms with E-state index >= 15 is 0 Å². The molecule has 9 heteroatoms. The minimum absolute atomic E-state index is 0.0829. The molecule has 1 aliphatic rings. The Labute approximate surface area is 185 Å². The second kappa shape index (κ2) is 9.05. The summed E-state index contributed by atoms with van der Waals surface area (Å²) in [5.74, 6) is 0.754. The van der Waals surface area contributed by atoms with E-state index in [9.17, 15) is 9.59 Å². The van der Waals surface area contributed by atoms with Crippen molar-refractivity contribution in [2.24, 2.45) is 0 Å². The third-order valence-electron chi connectivity index (χ3n) is 5.66. The predicted octanol–water partition coefficient (Wildman–Crippen LogP) is 2.69. The lowest BCUT2D eigenvalue weighted by Crippen LogP contribution is -2.27. The van der Waals surface area contributed by atoms with Crippen LogP contribution in [0.2, 0.25) is 0 Å². The predicted molar refractivity (Wildman–Crippen MR) is 119 cm³/mol. The molecule has 8 nitrogen and oxygen atoms in total. The quantitative estimate of drug-likeness (QED) is 0.595. The molecule has 0 spiro atoms. The maximum atomic E-state index is 12.4. The molecule has 0 saturated carbocycles. The molecular weight excluding hydrogens is 412 g/mol. The van der Waals surface area contributed by atoms with Crippen LogP contribution in [0.1, 0.15) is 45.7 Å². The molecule has 3 heterocycles. The molecule has 162 valence electrons. The summed E-state index contributed by atoms with van der Waals surface area (Å²) in [6.07, 6.45) is 2.15. The number of benzene rings is 1. The van der Waals surface area contributed by atoms with Crippen molar-refractivity contribution < 1.29 is 9.59 Å². The van der Waals surface area contributed by atoms with Crippen LogP contribution in [0.3, 0.4) is 0 Å². The van der Waals surface area contributed by atoms with Crippen molar-refractivity contribution in [3.63, 3.8) is 0 Å². The first-order chi connectivity index (χ1) is 14.9. The van der Waals surface area contributed by atoms with Crippen molar-refractivity contribution in [2.75, 3.05) is 18.8 Å². The number of carbonyl (C=O) groups excluding carboxylic acids is 2. The summed E-state index contributed by atoms with van der Waals surface area (Å²) in [5.41, 5.74) is 4.66. The molecule has 4 rings (SSSR count). The molecule has 1 N–H and O–H groups in total. The van der Waals surface area contributed by atoms with E-state index in [4.69, 9.17) is 0 Å². The molecule has 1 fully saturated rings. The summed E-state index contributed by atoms with van der Waals surface area (Å²) in [4.78, 5) is 35.4. The van der Waals surface area contributed by atoms with Crippen molar-refractivity contribution in [3.8, 4) is 0 Å². The molecule has 0 radical (unpaired) electrons. The molecule has 1 saturated heterocycles. The standard InChI is InChI=1S/C22H26N6O2S/c1-14-15(2)24-21-25-22(26-28(21)16(14)3)31-13-19(29)23-12-17-6-8-18(9-7-17)20(30)27-10-4-5-11-27/h6-9H,4-5,10-13H2,1-3H3,(H,23,29). The van der Waals surface area contributed by atoms with E-state index in [-0.39, 0.29) is 17.6 Å². The first-order valence-corrected chi connectivity index (χ1v) is 11.4. The largest absolute Gasteiger partial charge is 0.351 e. The van der Waals surface area contributed by atoms with Gasteiger partial charge in [0.1, 0.15) is 0 Å². The molecule has 0 atom stereocenters. The summed E-state index contributed by atoms with van der Waals surface area (Å²) in [6.45, 7) is 8.03. The van der Waals surface area contributed by atoms with Crippen LogP contribution in [0.15, 0.2) is 29.4 Å². The van der Waals surface area contributed by atoms with Gasteiger partial charge in [-0.1, -0.05) is 23.9 Å². The number of fused-ring (bicyclic) bond motifs is 1. The smallest absolute Gasteiger partial charge is 0.253 e. The van der Waals surface area contributed by atoms with Crippen LogP contribution in [0.5, 0.6) is 0 Å². The molecule has 0 unspecified atom stereocenters. The Morgan fingerprint density at radius 1 is 1.06 bits per heavy atom. The number of nitrogens with zero attached hydrogens (tertiary/aromatic N) is 5. The Morgan fingerprint density at radius 3 is 2.48 bits per heavy atom. The molecule has 2 amide bonds. The highest BCUT2D eigenvalue weighted by Gasteiger charge is 2.19. The van der Waals surface area contributed by atoms with E-state index in [1.54, 1.807) is 4.52 Å². The van der Waals surface area contributed by atoms with E-state index in [1.807, 2.05) is 49.9 Å². The molecule has 31 heavy (non-hydrogen) atoms. The lowest BCUT2D eigenvalue weighted by molar-refractivity contribution is -0.118. The third kappa shape index (κ3) is 4.71. The normalized spacial score (nSPS) is 13.7. The summed E-state index contributed by atoms with van der Waals surface area (Å²) in [5, 5.41) is 7.88. The number of hydrogen-bond acceptors (Lipinski definition) is 6. The SMILES string of the molecule is Cc1nc2nc(SCC(=O)NCc3ccc(C(=O)N4CCCC4)cc3)nn2c(C)c1C. The topological polar surface area (TPSA) is 92.5 Å². The zero-order valence-corrected chi connectivity index (χ0v) is 18.8. The van der Waals surface area contributed by atoms with Crippen LogP contribution in [-0.2, 0) is 11.3 Å². The van der Waals surface area contributed by atoms with Crippen molar-refractivity contribution in [1.29, 1.82) is 0 Å². The summed E-state index contributed by atoms with van der Waals surface area (Å²) in [6, 6.07) is 7.44. The van der Waals surface area contributed by atoms with Gasteiger partial charge in [0.15, 0.2) is 0 Å². The summed E-state index contributed by atoms with van der Waals surface area (Å²) < 4.78 is 1.72. The Kier molecular flexibility index (Phi) is 6.22. The van der Waals surface area contributed by atoms with Gasteiger partial charge >= 0.3 is 0 Å². The number of carbonyl (C=O) groups is 2. The minimum atomic E-state index is -0.0990. The second-order valence-corrected chi connectivity index (χ2v) is 8.72. The average Bonchev–Trinajstić information content (AvgIpc) is 3.45. The van der Waals surface area contributed by atoms with E-state index in [1.165, 1.54) is 11.8 Å². The average molecular weight is 439 g/mol. The van der Waals surface area contributed by atoms with Gasteiger partial charge in [0, 0.05) is 36.6 Å². The van der Waals surface area contributed by atoms with Gasteiger partial charge in [0.05, 0.1) is 5.75 Å². The summed E-state index contributed by atoms with van der Waals surface area (Å²) in [7, 11) is 0. The molecular formula is C22H26N6O2S. The van der Waals surface area contributed by atoms with Gasteiger partial charge in [0.25, 0.3) is 11.7 Å². The maximum absolute atomic E-state index is 12.4. The molecule has 0 aliphatic carbocycles. The van der Waals surface area contributed by atoms with Crippen LogP contribution in [0.4, 0.5) is 0 Å². The number of amides is 2. The van der Waals surface area contributed by atoms with Crippen molar-refractivity contribution in [1.82, 2.24) is 29.8 Å². The van der Waals surface area contributed by atoms with Gasteiger partial charge in [-0.25, -0.2) is 9.50 Å². The van der Waals surface area contributed by atoms with Gasteiger partial charge < -0.3 is 10.2 Å². The third-order valence-corrected chi connectivity index (χ3v) is 6.50. The molecule has 1 aliphatic heterocycles. The lowest BCUT2D eigenvalue weighted by atomic mass is 10.1. The molecule has 0 bridgehead atoms. The zero-order valence-electron chi connectivity index (χ0n) is 18.0. The van der Waals surface area contributed by atoms with Crippen molar-refractivity contribution in [2.45, 2.75) is 45.3 Å². The Bertz CT molecular complexity index is 1120. The van der Waals surface area contributed by atoms with Crippen LogP contribution in [0.25, 0.3) is 5.78 Å². The highest BCUT2D eigenvalue weighted by molar-refractivity contribution is 7.99. The van der Waals surface area contributed by atoms with Gasteiger partial charge in [-0.2, -0.15) is 4.98 Å². The first kappa shape index (κ1) is 21.3. The monoisotopic (exact) mass is 438 g/mol. The number of nitrogens with one attached hydrogen (secondary N) is 1. The minimum Gasteiger partial charge on any atom is -0.351 e. The number of aryl methyl sites for hydroxylation is 2. The Hall–Kier alpha value is -2.94. The fourth-order valence-electron chi connectivity index (χ4n) is 3.55. The van der Waals surface area contributed by atoms with Crippen LogP contribution in [0, 0.1) is 20.8 Å². The number of thioether (sulfide) groups is 1. The fourth-order valence-corrected chi connectivity index (χ4v) is 4.20. The Balaban J connectivity index is 1.29. The first-order valence-electron chi connectivity index (χ1n) is 10.4. The van der Waals surface area contributed by atoms with Crippen molar-refractivity contribution >= 4 is 29.4 Å². The van der Waals surface area contributed by atoms with E-state index < -0.39 is 0 Å². The number of hydrogen-bond donors (Lipinski definition) is 1. The van der Waals surface area contributed by atoms with Gasteiger partial charge in [-0.3, -0.25) is 9.59 Å². The van der Waals surface area contributed by atoms with E-state index in [2.05, 4.69) is 20.4 Å². The van der Waals surface area contributed by atoms with Crippen LogP contribution in [-0.4, -0.2) is 55.1 Å².